The van der Waals surface area contributed by atoms with Gasteiger partial charge >= 0.3 is 0 Å². The lowest BCUT2D eigenvalue weighted by Crippen LogP contribution is -2.01. The number of rotatable bonds is 6. The van der Waals surface area contributed by atoms with E-state index in [1.54, 1.807) is 0 Å². The zero-order chi connectivity index (χ0) is 11.1. The number of para-hydroxylation sites is 1. The summed E-state index contributed by atoms with van der Waals surface area (Å²) >= 11 is 5.86. The SMILES string of the molecule is CCCCCOc1c(C)cccc1CCl. The van der Waals surface area contributed by atoms with Gasteiger partial charge in [-0.25, -0.2) is 0 Å². The molecule has 0 amide bonds. The predicted molar refractivity (Wildman–Crippen MR) is 65.8 cm³/mol. The smallest absolute Gasteiger partial charge is 0.126 e. The first-order valence-electron chi connectivity index (χ1n) is 5.56. The summed E-state index contributed by atoms with van der Waals surface area (Å²) in [7, 11) is 0. The highest BCUT2D eigenvalue weighted by Gasteiger charge is 2.05. The number of benzene rings is 1. The van der Waals surface area contributed by atoms with E-state index in [1.807, 2.05) is 12.1 Å². The molecule has 0 radical (unpaired) electrons. The lowest BCUT2D eigenvalue weighted by atomic mass is 10.1. The Morgan fingerprint density at radius 1 is 1.27 bits per heavy atom. The minimum absolute atomic E-state index is 0.519. The molecule has 0 atom stereocenters. The van der Waals surface area contributed by atoms with Crippen LogP contribution in [0.3, 0.4) is 0 Å². The Morgan fingerprint density at radius 2 is 2.07 bits per heavy atom. The Bertz CT molecular complexity index is 297. The van der Waals surface area contributed by atoms with Crippen LogP contribution >= 0.6 is 11.6 Å². The minimum atomic E-state index is 0.519. The van der Waals surface area contributed by atoms with Gasteiger partial charge in [0.2, 0.25) is 0 Å². The van der Waals surface area contributed by atoms with Gasteiger partial charge in [-0.3, -0.25) is 0 Å². The monoisotopic (exact) mass is 226 g/mol. The minimum Gasteiger partial charge on any atom is -0.493 e. The number of hydrogen-bond acceptors (Lipinski definition) is 1. The largest absolute Gasteiger partial charge is 0.493 e. The molecule has 1 aromatic rings. The fourth-order valence-electron chi connectivity index (χ4n) is 1.55. The average Bonchev–Trinajstić information content (AvgIpc) is 2.26. The molecule has 84 valence electrons. The Labute approximate surface area is 97.4 Å². The summed E-state index contributed by atoms with van der Waals surface area (Å²) in [5.41, 5.74) is 2.26. The van der Waals surface area contributed by atoms with Gasteiger partial charge in [-0.2, -0.15) is 0 Å². The first-order chi connectivity index (χ1) is 7.29. The van der Waals surface area contributed by atoms with Gasteiger partial charge in [0.15, 0.2) is 0 Å². The predicted octanol–water partition coefficient (Wildman–Crippen LogP) is 4.30. The lowest BCUT2D eigenvalue weighted by molar-refractivity contribution is 0.302. The van der Waals surface area contributed by atoms with E-state index >= 15 is 0 Å². The number of alkyl halides is 1. The fraction of sp³-hybridized carbons (Fsp3) is 0.538. The zero-order valence-electron chi connectivity index (χ0n) is 9.55. The summed E-state index contributed by atoms with van der Waals surface area (Å²) in [4.78, 5) is 0. The number of hydrogen-bond donors (Lipinski definition) is 0. The van der Waals surface area contributed by atoms with Crippen LogP contribution in [0.2, 0.25) is 0 Å². The molecule has 0 spiro atoms. The summed E-state index contributed by atoms with van der Waals surface area (Å²) in [5.74, 6) is 1.49. The van der Waals surface area contributed by atoms with Crippen LogP contribution in [0, 0.1) is 6.92 Å². The van der Waals surface area contributed by atoms with Gasteiger partial charge in [-0.1, -0.05) is 38.0 Å². The summed E-state index contributed by atoms with van der Waals surface area (Å²) in [6.45, 7) is 5.05. The summed E-state index contributed by atoms with van der Waals surface area (Å²) in [6, 6.07) is 6.10. The van der Waals surface area contributed by atoms with Gasteiger partial charge in [-0.15, -0.1) is 11.6 Å². The molecule has 1 rings (SSSR count). The Hall–Kier alpha value is -0.690. The third-order valence-corrected chi connectivity index (χ3v) is 2.72. The fourth-order valence-corrected chi connectivity index (χ4v) is 1.76. The molecule has 15 heavy (non-hydrogen) atoms. The van der Waals surface area contributed by atoms with Crippen LogP contribution in [0.25, 0.3) is 0 Å². The average molecular weight is 227 g/mol. The quantitative estimate of drug-likeness (QED) is 0.519. The van der Waals surface area contributed by atoms with E-state index in [0.29, 0.717) is 5.88 Å². The van der Waals surface area contributed by atoms with E-state index < -0.39 is 0 Å². The molecule has 0 aromatic heterocycles. The van der Waals surface area contributed by atoms with Crippen molar-refractivity contribution in [3.05, 3.63) is 29.3 Å². The van der Waals surface area contributed by atoms with Crippen molar-refractivity contribution in [2.75, 3.05) is 6.61 Å². The molecule has 0 bridgehead atoms. The van der Waals surface area contributed by atoms with Crippen LogP contribution in [0.4, 0.5) is 0 Å². The van der Waals surface area contributed by atoms with Gasteiger partial charge in [0.1, 0.15) is 5.75 Å². The van der Waals surface area contributed by atoms with E-state index in [4.69, 9.17) is 16.3 Å². The van der Waals surface area contributed by atoms with Gasteiger partial charge in [0, 0.05) is 5.56 Å². The molecular weight excluding hydrogens is 208 g/mol. The molecule has 2 heteroatoms. The van der Waals surface area contributed by atoms with Crippen molar-refractivity contribution in [3.8, 4) is 5.75 Å². The maximum atomic E-state index is 5.86. The van der Waals surface area contributed by atoms with Crippen LogP contribution in [0.15, 0.2) is 18.2 Å². The van der Waals surface area contributed by atoms with Crippen molar-refractivity contribution in [3.63, 3.8) is 0 Å². The maximum Gasteiger partial charge on any atom is 0.126 e. The van der Waals surface area contributed by atoms with E-state index in [9.17, 15) is 0 Å². The zero-order valence-corrected chi connectivity index (χ0v) is 10.3. The molecule has 0 aliphatic carbocycles. The van der Waals surface area contributed by atoms with Crippen molar-refractivity contribution in [2.24, 2.45) is 0 Å². The molecule has 0 saturated carbocycles. The standard InChI is InChI=1S/C13H19ClO/c1-3-4-5-9-15-13-11(2)7-6-8-12(13)10-14/h6-8H,3-5,9-10H2,1-2H3. The van der Waals surface area contributed by atoms with E-state index in [1.165, 1.54) is 18.4 Å². The molecule has 0 saturated heterocycles. The molecule has 0 unspecified atom stereocenters. The van der Waals surface area contributed by atoms with Crippen LogP contribution in [-0.2, 0) is 5.88 Å². The van der Waals surface area contributed by atoms with E-state index in [2.05, 4.69) is 19.9 Å². The normalized spacial score (nSPS) is 10.3. The van der Waals surface area contributed by atoms with Gasteiger partial charge in [-0.05, 0) is 18.9 Å². The topological polar surface area (TPSA) is 9.23 Å². The highest BCUT2D eigenvalue weighted by molar-refractivity contribution is 6.17. The summed E-state index contributed by atoms with van der Waals surface area (Å²) in [6.07, 6.45) is 3.56. The maximum absolute atomic E-state index is 5.86. The molecular formula is C13H19ClO. The van der Waals surface area contributed by atoms with Crippen LogP contribution < -0.4 is 4.74 Å². The van der Waals surface area contributed by atoms with Gasteiger partial charge < -0.3 is 4.74 Å². The highest BCUT2D eigenvalue weighted by atomic mass is 35.5. The molecule has 1 nitrogen and oxygen atoms in total. The second kappa shape index (κ2) is 6.73. The Morgan fingerprint density at radius 3 is 2.73 bits per heavy atom. The van der Waals surface area contributed by atoms with E-state index in [-0.39, 0.29) is 0 Å². The van der Waals surface area contributed by atoms with Gasteiger partial charge in [0.25, 0.3) is 0 Å². The summed E-state index contributed by atoms with van der Waals surface area (Å²) < 4.78 is 5.78. The molecule has 0 fully saturated rings. The molecule has 0 N–H and O–H groups in total. The molecule has 0 heterocycles. The summed E-state index contributed by atoms with van der Waals surface area (Å²) in [5, 5.41) is 0. The number of halogens is 1. The van der Waals surface area contributed by atoms with Crippen molar-refractivity contribution in [2.45, 2.75) is 39.0 Å². The van der Waals surface area contributed by atoms with Crippen molar-refractivity contribution < 1.29 is 4.74 Å². The van der Waals surface area contributed by atoms with Crippen molar-refractivity contribution in [1.82, 2.24) is 0 Å². The van der Waals surface area contributed by atoms with Crippen molar-refractivity contribution in [1.29, 1.82) is 0 Å². The highest BCUT2D eigenvalue weighted by Crippen LogP contribution is 2.25. The second-order valence-corrected chi connectivity index (χ2v) is 4.02. The number of ether oxygens (including phenoxy) is 1. The van der Waals surface area contributed by atoms with Crippen LogP contribution in [-0.4, -0.2) is 6.61 Å². The van der Waals surface area contributed by atoms with Crippen LogP contribution in [0.1, 0.15) is 37.3 Å². The second-order valence-electron chi connectivity index (χ2n) is 3.75. The molecule has 0 aliphatic rings. The lowest BCUT2D eigenvalue weighted by Gasteiger charge is -2.12. The Kier molecular flexibility index (Phi) is 5.56. The number of aryl methyl sites for hydroxylation is 1. The van der Waals surface area contributed by atoms with Crippen LogP contribution in [0.5, 0.6) is 5.75 Å². The third kappa shape index (κ3) is 3.75. The van der Waals surface area contributed by atoms with Crippen molar-refractivity contribution >= 4 is 11.6 Å². The Balaban J connectivity index is 2.58. The first-order valence-corrected chi connectivity index (χ1v) is 6.10. The molecule has 0 aliphatic heterocycles. The third-order valence-electron chi connectivity index (χ3n) is 2.43. The van der Waals surface area contributed by atoms with E-state index in [0.717, 1.165) is 24.3 Å². The van der Waals surface area contributed by atoms with Gasteiger partial charge in [0.05, 0.1) is 12.5 Å². The first kappa shape index (κ1) is 12.4. The number of unbranched alkanes of at least 4 members (excludes halogenated alkanes) is 2. The molecule has 1 aromatic carbocycles.